The van der Waals surface area contributed by atoms with E-state index in [9.17, 15) is 0 Å². The fourth-order valence-corrected chi connectivity index (χ4v) is 1.45. The average Bonchev–Trinajstić information content (AvgIpc) is 2.90. The number of hydrogen-bond donors (Lipinski definition) is 3. The van der Waals surface area contributed by atoms with Gasteiger partial charge in [-0.25, -0.2) is 4.98 Å². The van der Waals surface area contributed by atoms with Gasteiger partial charge >= 0.3 is 0 Å². The molecule has 2 aromatic rings. The van der Waals surface area contributed by atoms with Crippen LogP contribution >= 0.6 is 0 Å². The summed E-state index contributed by atoms with van der Waals surface area (Å²) in [4.78, 5) is 6.96. The lowest BCUT2D eigenvalue weighted by Gasteiger charge is -2.00. The predicted molar refractivity (Wildman–Crippen MR) is 58.4 cm³/mol. The lowest BCUT2D eigenvalue weighted by molar-refractivity contribution is 0.269. The number of nitrogens with zero attached hydrogens (tertiary/aromatic N) is 3. The minimum atomic E-state index is 0.114. The highest BCUT2D eigenvalue weighted by Crippen LogP contribution is 1.98. The standard InChI is InChI=1S/C10H15N5O/c16-2-1-15-7-9(4-14-15)3-11-5-10-6-12-8-13-10/h4,6-8,11,16H,1-3,5H2,(H,12,13). The third-order valence-electron chi connectivity index (χ3n) is 2.22. The van der Waals surface area contributed by atoms with Crippen LogP contribution in [0.1, 0.15) is 11.3 Å². The topological polar surface area (TPSA) is 78.8 Å². The van der Waals surface area contributed by atoms with E-state index < -0.39 is 0 Å². The maximum Gasteiger partial charge on any atom is 0.0922 e. The second-order valence-corrected chi connectivity index (χ2v) is 3.52. The summed E-state index contributed by atoms with van der Waals surface area (Å²) < 4.78 is 1.73. The van der Waals surface area contributed by atoms with Gasteiger partial charge in [0.2, 0.25) is 0 Å². The molecule has 0 saturated carbocycles. The smallest absolute Gasteiger partial charge is 0.0922 e. The Balaban J connectivity index is 1.76. The highest BCUT2D eigenvalue weighted by atomic mass is 16.3. The first-order valence-corrected chi connectivity index (χ1v) is 5.18. The average molecular weight is 221 g/mol. The molecule has 0 saturated heterocycles. The van der Waals surface area contributed by atoms with Crippen molar-refractivity contribution < 1.29 is 5.11 Å². The number of nitrogens with one attached hydrogen (secondary N) is 2. The molecule has 0 aliphatic carbocycles. The first-order valence-electron chi connectivity index (χ1n) is 5.18. The van der Waals surface area contributed by atoms with Crippen LogP contribution in [-0.2, 0) is 19.6 Å². The SMILES string of the molecule is OCCn1cc(CNCc2cnc[nH]2)cn1. The van der Waals surface area contributed by atoms with Crippen LogP contribution in [0.4, 0.5) is 0 Å². The van der Waals surface area contributed by atoms with Crippen LogP contribution in [0, 0.1) is 0 Å². The molecule has 2 heterocycles. The van der Waals surface area contributed by atoms with Crippen molar-refractivity contribution in [1.82, 2.24) is 25.1 Å². The van der Waals surface area contributed by atoms with Gasteiger partial charge in [0.25, 0.3) is 0 Å². The lowest BCUT2D eigenvalue weighted by atomic mass is 10.3. The molecule has 16 heavy (non-hydrogen) atoms. The van der Waals surface area contributed by atoms with Crippen molar-refractivity contribution in [2.75, 3.05) is 6.61 Å². The Hall–Kier alpha value is -1.66. The zero-order chi connectivity index (χ0) is 11.2. The zero-order valence-corrected chi connectivity index (χ0v) is 8.93. The molecule has 0 fully saturated rings. The number of aromatic amines is 1. The van der Waals surface area contributed by atoms with Crippen LogP contribution in [-0.4, -0.2) is 31.5 Å². The van der Waals surface area contributed by atoms with Gasteiger partial charge in [-0.15, -0.1) is 0 Å². The molecule has 2 aromatic heterocycles. The summed E-state index contributed by atoms with van der Waals surface area (Å²) in [5.74, 6) is 0. The Labute approximate surface area is 93.3 Å². The van der Waals surface area contributed by atoms with Gasteiger partial charge in [-0.05, 0) is 0 Å². The van der Waals surface area contributed by atoms with Gasteiger partial charge in [-0.3, -0.25) is 4.68 Å². The molecule has 6 heteroatoms. The zero-order valence-electron chi connectivity index (χ0n) is 8.93. The van der Waals surface area contributed by atoms with Crippen molar-refractivity contribution in [3.05, 3.63) is 36.2 Å². The van der Waals surface area contributed by atoms with E-state index in [-0.39, 0.29) is 6.61 Å². The number of imidazole rings is 1. The van der Waals surface area contributed by atoms with Crippen molar-refractivity contribution in [1.29, 1.82) is 0 Å². The van der Waals surface area contributed by atoms with E-state index in [1.54, 1.807) is 23.4 Å². The van der Waals surface area contributed by atoms with Gasteiger partial charge in [-0.1, -0.05) is 0 Å². The Kier molecular flexibility index (Phi) is 3.68. The fourth-order valence-electron chi connectivity index (χ4n) is 1.45. The monoisotopic (exact) mass is 221 g/mol. The Bertz CT molecular complexity index is 409. The second-order valence-electron chi connectivity index (χ2n) is 3.52. The van der Waals surface area contributed by atoms with E-state index in [4.69, 9.17) is 5.11 Å². The van der Waals surface area contributed by atoms with Gasteiger partial charge < -0.3 is 15.4 Å². The van der Waals surface area contributed by atoms with E-state index in [1.165, 1.54) is 0 Å². The molecule has 3 N–H and O–H groups in total. The summed E-state index contributed by atoms with van der Waals surface area (Å²) in [7, 11) is 0. The number of aliphatic hydroxyl groups excluding tert-OH is 1. The molecule has 6 nitrogen and oxygen atoms in total. The summed E-state index contributed by atoms with van der Waals surface area (Å²) in [6.07, 6.45) is 7.18. The number of H-pyrrole nitrogens is 1. The summed E-state index contributed by atoms with van der Waals surface area (Å²) in [6, 6.07) is 0. The minimum Gasteiger partial charge on any atom is -0.394 e. The van der Waals surface area contributed by atoms with Gasteiger partial charge in [0, 0.05) is 36.7 Å². The third kappa shape index (κ3) is 2.91. The summed E-state index contributed by atoms with van der Waals surface area (Å²) >= 11 is 0. The largest absolute Gasteiger partial charge is 0.394 e. The van der Waals surface area contributed by atoms with Crippen LogP contribution in [0.25, 0.3) is 0 Å². The number of aromatic nitrogens is 4. The molecule has 0 radical (unpaired) electrons. The molecular formula is C10H15N5O. The Morgan fingerprint density at radius 1 is 1.38 bits per heavy atom. The van der Waals surface area contributed by atoms with E-state index in [0.717, 1.165) is 24.3 Å². The molecule has 0 aromatic carbocycles. The van der Waals surface area contributed by atoms with Crippen molar-refractivity contribution in [2.45, 2.75) is 19.6 Å². The highest BCUT2D eigenvalue weighted by Gasteiger charge is 1.98. The van der Waals surface area contributed by atoms with Crippen molar-refractivity contribution in [3.8, 4) is 0 Å². The van der Waals surface area contributed by atoms with Crippen LogP contribution in [0.2, 0.25) is 0 Å². The van der Waals surface area contributed by atoms with Gasteiger partial charge in [0.15, 0.2) is 0 Å². The highest BCUT2D eigenvalue weighted by molar-refractivity contribution is 5.04. The quantitative estimate of drug-likeness (QED) is 0.636. The molecule has 0 spiro atoms. The van der Waals surface area contributed by atoms with E-state index in [0.29, 0.717) is 6.54 Å². The van der Waals surface area contributed by atoms with E-state index in [1.807, 2.05) is 6.20 Å². The Morgan fingerprint density at radius 3 is 3.06 bits per heavy atom. The van der Waals surface area contributed by atoms with Crippen LogP contribution in [0.3, 0.4) is 0 Å². The van der Waals surface area contributed by atoms with E-state index >= 15 is 0 Å². The fraction of sp³-hybridized carbons (Fsp3) is 0.400. The molecule has 2 rings (SSSR count). The number of aliphatic hydroxyl groups is 1. The maximum absolute atomic E-state index is 8.74. The van der Waals surface area contributed by atoms with Gasteiger partial charge in [0.1, 0.15) is 0 Å². The molecule has 0 amide bonds. The summed E-state index contributed by atoms with van der Waals surface area (Å²) in [5, 5.41) is 16.1. The first kappa shape index (κ1) is 10.8. The predicted octanol–water partition coefficient (Wildman–Crippen LogP) is -0.112. The van der Waals surface area contributed by atoms with E-state index in [2.05, 4.69) is 20.4 Å². The van der Waals surface area contributed by atoms with Crippen LogP contribution in [0.15, 0.2) is 24.9 Å². The van der Waals surface area contributed by atoms with Crippen LogP contribution < -0.4 is 5.32 Å². The summed E-state index contributed by atoms with van der Waals surface area (Å²) in [6.45, 7) is 2.17. The summed E-state index contributed by atoms with van der Waals surface area (Å²) in [5.41, 5.74) is 2.16. The normalized spacial score (nSPS) is 10.8. The number of hydrogen-bond acceptors (Lipinski definition) is 4. The molecule has 0 unspecified atom stereocenters. The Morgan fingerprint density at radius 2 is 2.31 bits per heavy atom. The number of rotatable bonds is 6. The molecule has 0 bridgehead atoms. The molecular weight excluding hydrogens is 206 g/mol. The molecule has 86 valence electrons. The van der Waals surface area contributed by atoms with Crippen molar-refractivity contribution >= 4 is 0 Å². The molecule has 0 atom stereocenters. The molecule has 0 aliphatic heterocycles. The third-order valence-corrected chi connectivity index (χ3v) is 2.22. The minimum absolute atomic E-state index is 0.114. The van der Waals surface area contributed by atoms with Gasteiger partial charge in [-0.2, -0.15) is 5.10 Å². The van der Waals surface area contributed by atoms with Crippen molar-refractivity contribution in [3.63, 3.8) is 0 Å². The lowest BCUT2D eigenvalue weighted by Crippen LogP contribution is -2.12. The van der Waals surface area contributed by atoms with Crippen molar-refractivity contribution in [2.24, 2.45) is 0 Å². The van der Waals surface area contributed by atoms with Crippen LogP contribution in [0.5, 0.6) is 0 Å². The second kappa shape index (κ2) is 5.43. The van der Waals surface area contributed by atoms with Gasteiger partial charge in [0.05, 0.1) is 25.7 Å². The first-order chi connectivity index (χ1) is 7.88. The molecule has 0 aliphatic rings. The maximum atomic E-state index is 8.74.